The predicted octanol–water partition coefficient (Wildman–Crippen LogP) is 8.96. The van der Waals surface area contributed by atoms with Crippen LogP contribution in [0.5, 0.6) is 0 Å². The molecule has 1 unspecified atom stereocenters. The Kier molecular flexibility index (Phi) is 19.5. The van der Waals surface area contributed by atoms with Gasteiger partial charge in [0.25, 0.3) is 0 Å². The van der Waals surface area contributed by atoms with Crippen LogP contribution in [0, 0.1) is 0 Å². The van der Waals surface area contributed by atoms with Crippen LogP contribution in [0.2, 0.25) is 0 Å². The summed E-state index contributed by atoms with van der Waals surface area (Å²) < 4.78 is 23.7. The van der Waals surface area contributed by atoms with Crippen molar-refractivity contribution in [2.45, 2.75) is 141 Å². The van der Waals surface area contributed by atoms with Crippen molar-refractivity contribution >= 4 is 7.82 Å². The number of hydrogen-bond acceptors (Lipinski definition) is 3. The number of phosphoric ester groups is 1. The number of likely N-dealkylation sites (tertiary alicyclic amines) is 1. The van der Waals surface area contributed by atoms with E-state index >= 15 is 0 Å². The Morgan fingerprint density at radius 2 is 1.17 bits per heavy atom. The van der Waals surface area contributed by atoms with Crippen molar-refractivity contribution in [3.8, 4) is 0 Å². The van der Waals surface area contributed by atoms with Gasteiger partial charge in [-0.2, -0.15) is 0 Å². The van der Waals surface area contributed by atoms with E-state index in [0.29, 0.717) is 6.61 Å². The van der Waals surface area contributed by atoms with E-state index in [4.69, 9.17) is 9.05 Å². The van der Waals surface area contributed by atoms with E-state index in [2.05, 4.69) is 33.2 Å². The summed E-state index contributed by atoms with van der Waals surface area (Å²) in [5.41, 5.74) is 0. The van der Waals surface area contributed by atoms with E-state index in [-0.39, 0.29) is 6.10 Å². The summed E-state index contributed by atoms with van der Waals surface area (Å²) >= 11 is 0. The Morgan fingerprint density at radius 1 is 0.743 bits per heavy atom. The summed E-state index contributed by atoms with van der Waals surface area (Å²) in [6, 6.07) is 0. The van der Waals surface area contributed by atoms with Gasteiger partial charge in [0.2, 0.25) is 0 Å². The maximum atomic E-state index is 12.1. The largest absolute Gasteiger partial charge is 0.472 e. The van der Waals surface area contributed by atoms with Gasteiger partial charge < -0.3 is 9.38 Å². The monoisotopic (exact) mass is 516 g/mol. The van der Waals surface area contributed by atoms with Crippen molar-refractivity contribution in [1.29, 1.82) is 0 Å². The molecule has 6 heteroatoms. The van der Waals surface area contributed by atoms with Crippen LogP contribution in [-0.2, 0) is 13.6 Å². The molecule has 208 valence electrons. The third kappa shape index (κ3) is 20.5. The van der Waals surface area contributed by atoms with Crippen LogP contribution in [0.4, 0.5) is 0 Å². The fourth-order valence-corrected chi connectivity index (χ4v) is 5.81. The Hall–Kier alpha value is -0.190. The molecule has 1 aliphatic heterocycles. The van der Waals surface area contributed by atoms with E-state index in [1.54, 1.807) is 0 Å². The zero-order chi connectivity index (χ0) is 25.7. The quantitative estimate of drug-likeness (QED) is 0.0637. The van der Waals surface area contributed by atoms with Crippen molar-refractivity contribution in [2.75, 3.05) is 33.8 Å². The van der Waals surface area contributed by atoms with Crippen LogP contribution in [0.3, 0.4) is 0 Å². The zero-order valence-corrected chi connectivity index (χ0v) is 24.5. The maximum Gasteiger partial charge on any atom is 0.472 e. The first-order valence-electron chi connectivity index (χ1n) is 15.0. The van der Waals surface area contributed by atoms with Gasteiger partial charge in [-0.15, -0.1) is 0 Å². The van der Waals surface area contributed by atoms with Gasteiger partial charge in [0.1, 0.15) is 0 Å². The number of phosphoric acid groups is 1. The van der Waals surface area contributed by atoms with Gasteiger partial charge in [0.15, 0.2) is 0 Å². The second-order valence-electron chi connectivity index (χ2n) is 11.3. The van der Waals surface area contributed by atoms with E-state index in [0.717, 1.165) is 43.3 Å². The van der Waals surface area contributed by atoms with Gasteiger partial charge >= 0.3 is 7.82 Å². The average Bonchev–Trinajstić information content (AvgIpc) is 2.81. The van der Waals surface area contributed by atoms with E-state index < -0.39 is 7.82 Å². The number of piperidine rings is 1. The molecule has 1 saturated heterocycles. The zero-order valence-electron chi connectivity index (χ0n) is 23.6. The predicted molar refractivity (Wildman–Crippen MR) is 150 cm³/mol. The van der Waals surface area contributed by atoms with Gasteiger partial charge in [-0.25, -0.2) is 4.57 Å². The molecule has 0 radical (unpaired) electrons. The van der Waals surface area contributed by atoms with Crippen LogP contribution in [0.15, 0.2) is 12.2 Å². The Labute approximate surface area is 218 Å². The smallest absolute Gasteiger partial charge is 0.328 e. The number of quaternary nitrogens is 1. The van der Waals surface area contributed by atoms with Crippen LogP contribution >= 0.6 is 7.82 Å². The molecule has 35 heavy (non-hydrogen) atoms. The number of nitrogens with zero attached hydrogens (tertiary/aromatic N) is 1. The Morgan fingerprint density at radius 3 is 1.66 bits per heavy atom. The second-order valence-corrected chi connectivity index (χ2v) is 12.7. The number of allylic oxidation sites excluding steroid dienone is 2. The highest BCUT2D eigenvalue weighted by Crippen LogP contribution is 2.46. The molecule has 1 fully saturated rings. The summed E-state index contributed by atoms with van der Waals surface area (Å²) in [6.45, 7) is 4.54. The van der Waals surface area contributed by atoms with Gasteiger partial charge in [-0.1, -0.05) is 103 Å². The lowest BCUT2D eigenvalue weighted by molar-refractivity contribution is -0.896. The number of hydrogen-bond donors (Lipinski definition) is 1. The number of rotatable bonds is 23. The lowest BCUT2D eigenvalue weighted by atomic mass is 10.1. The van der Waals surface area contributed by atoms with E-state index in [1.807, 2.05) is 0 Å². The summed E-state index contributed by atoms with van der Waals surface area (Å²) in [5, 5.41) is 0. The van der Waals surface area contributed by atoms with Crippen LogP contribution in [-0.4, -0.2) is 49.3 Å². The molecule has 0 aromatic rings. The summed E-state index contributed by atoms with van der Waals surface area (Å²) in [4.78, 5) is 9.96. The molecular weight excluding hydrogens is 457 g/mol. The minimum atomic E-state index is -3.91. The fourth-order valence-electron chi connectivity index (χ4n) is 4.80. The summed E-state index contributed by atoms with van der Waals surface area (Å²) in [5.74, 6) is 0. The fraction of sp³-hybridized carbons (Fsp3) is 0.931. The molecule has 1 atom stereocenters. The minimum Gasteiger partial charge on any atom is -0.328 e. The molecule has 1 heterocycles. The minimum absolute atomic E-state index is 0.150. The molecule has 0 aromatic carbocycles. The Bertz CT molecular complexity index is 557. The lowest BCUT2D eigenvalue weighted by Crippen LogP contribution is -2.47. The average molecular weight is 517 g/mol. The molecule has 0 saturated carbocycles. The first kappa shape index (κ1) is 32.8. The molecule has 0 aliphatic carbocycles. The lowest BCUT2D eigenvalue weighted by Gasteiger charge is -2.37. The van der Waals surface area contributed by atoms with Crippen molar-refractivity contribution in [3.63, 3.8) is 0 Å². The second kappa shape index (κ2) is 20.8. The first-order valence-corrected chi connectivity index (χ1v) is 16.5. The van der Waals surface area contributed by atoms with Crippen molar-refractivity contribution in [1.82, 2.24) is 0 Å². The highest BCUT2D eigenvalue weighted by molar-refractivity contribution is 7.47. The highest BCUT2D eigenvalue weighted by Gasteiger charge is 2.32. The van der Waals surface area contributed by atoms with Gasteiger partial charge in [-0.05, 0) is 32.1 Å². The van der Waals surface area contributed by atoms with Crippen LogP contribution in [0.25, 0.3) is 0 Å². The molecule has 1 aliphatic rings. The molecule has 1 rings (SSSR count). The normalized spacial score (nSPS) is 18.3. The molecular formula is C29H59NO4P+. The van der Waals surface area contributed by atoms with Crippen molar-refractivity contribution < 1.29 is 23.0 Å². The third-order valence-electron chi connectivity index (χ3n) is 7.31. The maximum absolute atomic E-state index is 12.1. The molecule has 0 spiro atoms. The third-order valence-corrected chi connectivity index (χ3v) is 8.38. The standard InChI is InChI=1S/C29H58NO4P/c1-4-5-6-7-8-9-10-11-12-13-14-15-16-17-18-19-20-21-22-23-28-33-35(31,32)34-29-24-26-30(2,3)27-25-29/h11-12,29H,4-10,13-28H2,1-3H3/p+1/b12-11-. The first-order chi connectivity index (χ1) is 16.8. The van der Waals surface area contributed by atoms with Crippen LogP contribution < -0.4 is 0 Å². The molecule has 1 N–H and O–H groups in total. The topological polar surface area (TPSA) is 55.8 Å². The van der Waals surface area contributed by atoms with Gasteiger partial charge in [-0.3, -0.25) is 9.05 Å². The highest BCUT2D eigenvalue weighted by atomic mass is 31.2. The summed E-state index contributed by atoms with van der Waals surface area (Å²) in [6.07, 6.45) is 29.5. The van der Waals surface area contributed by atoms with Crippen molar-refractivity contribution in [2.24, 2.45) is 0 Å². The molecule has 5 nitrogen and oxygen atoms in total. The molecule has 0 amide bonds. The van der Waals surface area contributed by atoms with Crippen LogP contribution in [0.1, 0.15) is 135 Å². The molecule has 0 bridgehead atoms. The van der Waals surface area contributed by atoms with Gasteiger partial charge in [0.05, 0.1) is 39.9 Å². The SMILES string of the molecule is CCCCCCCC/C=C\CCCCCCCCCCCCOP(=O)(O)OC1CC[N+](C)(C)CC1. The van der Waals surface area contributed by atoms with E-state index in [1.165, 1.54) is 103 Å². The Balaban J connectivity index is 1.81. The molecule has 0 aromatic heterocycles. The number of unbranched alkanes of at least 4 members (excludes halogenated alkanes) is 16. The summed E-state index contributed by atoms with van der Waals surface area (Å²) in [7, 11) is 0.458. The van der Waals surface area contributed by atoms with Gasteiger partial charge in [0, 0.05) is 12.8 Å². The van der Waals surface area contributed by atoms with Crippen molar-refractivity contribution in [3.05, 3.63) is 12.2 Å². The van der Waals surface area contributed by atoms with E-state index in [9.17, 15) is 9.46 Å².